The molecule has 0 unspecified atom stereocenters. The maximum Gasteiger partial charge on any atom is 0.433 e. The van der Waals surface area contributed by atoms with Gasteiger partial charge in [0.15, 0.2) is 0 Å². The minimum atomic E-state index is -4.54. The highest BCUT2D eigenvalue weighted by molar-refractivity contribution is 5.80. The average molecular weight is 420 g/mol. The van der Waals surface area contributed by atoms with Crippen molar-refractivity contribution in [3.05, 3.63) is 54.0 Å². The molecule has 0 saturated carbocycles. The van der Waals surface area contributed by atoms with E-state index in [4.69, 9.17) is 4.74 Å². The molecule has 2 aliphatic heterocycles. The van der Waals surface area contributed by atoms with Gasteiger partial charge in [0, 0.05) is 37.5 Å². The molecular weight excluding hydrogens is 397 g/mol. The van der Waals surface area contributed by atoms with E-state index in [1.54, 1.807) is 4.90 Å². The lowest BCUT2D eigenvalue weighted by Crippen LogP contribution is -2.41. The minimum Gasteiger partial charge on any atom is -0.379 e. The first-order valence-corrected chi connectivity index (χ1v) is 9.84. The molecule has 6 nitrogen and oxygen atoms in total. The van der Waals surface area contributed by atoms with Crippen LogP contribution in [0, 0.1) is 5.41 Å². The Hall–Kier alpha value is -2.68. The Labute approximate surface area is 172 Å². The van der Waals surface area contributed by atoms with Gasteiger partial charge in [0.05, 0.1) is 19.3 Å². The zero-order chi connectivity index (χ0) is 21.4. The van der Waals surface area contributed by atoms with Gasteiger partial charge >= 0.3 is 6.18 Å². The molecule has 160 valence electrons. The summed E-state index contributed by atoms with van der Waals surface area (Å²) < 4.78 is 45.0. The minimum absolute atomic E-state index is 0.0236. The number of amides is 1. The van der Waals surface area contributed by atoms with E-state index in [1.165, 1.54) is 0 Å². The van der Waals surface area contributed by atoms with Gasteiger partial charge in [-0.1, -0.05) is 30.3 Å². The van der Waals surface area contributed by atoms with Crippen molar-refractivity contribution in [1.82, 2.24) is 14.9 Å². The van der Waals surface area contributed by atoms with Crippen LogP contribution in [-0.4, -0.2) is 53.6 Å². The topological polar surface area (TPSA) is 58.6 Å². The van der Waals surface area contributed by atoms with Gasteiger partial charge in [0.1, 0.15) is 17.8 Å². The Morgan fingerprint density at radius 2 is 1.93 bits per heavy atom. The molecule has 2 atom stereocenters. The standard InChI is InChI=1S/C21H23F3N4O2/c1-15(16-5-3-2-4-6-16)28-12-20(10-19(28)29)11-27(7-8-30-13-20)18-9-17(21(22,23)24)25-14-26-18/h2-6,9,14-15H,7-8,10-13H2,1H3/t15-,20+/m1/s1. The molecule has 9 heteroatoms. The van der Waals surface area contributed by atoms with Crippen LogP contribution in [-0.2, 0) is 15.7 Å². The summed E-state index contributed by atoms with van der Waals surface area (Å²) in [5.74, 6) is 0.222. The fourth-order valence-corrected chi connectivity index (χ4v) is 4.26. The maximum absolute atomic E-state index is 13.1. The predicted molar refractivity (Wildman–Crippen MR) is 104 cm³/mol. The third-order valence-electron chi connectivity index (χ3n) is 5.81. The fraction of sp³-hybridized carbons (Fsp3) is 0.476. The van der Waals surface area contributed by atoms with Gasteiger partial charge in [-0.25, -0.2) is 9.97 Å². The quantitative estimate of drug-likeness (QED) is 0.763. The van der Waals surface area contributed by atoms with Crippen molar-refractivity contribution < 1.29 is 22.7 Å². The Morgan fingerprint density at radius 3 is 2.67 bits per heavy atom. The highest BCUT2D eigenvalue weighted by Gasteiger charge is 2.47. The van der Waals surface area contributed by atoms with Crippen LogP contribution in [0.1, 0.15) is 30.6 Å². The number of likely N-dealkylation sites (tertiary alicyclic amines) is 1. The molecule has 1 aromatic heterocycles. The Bertz CT molecular complexity index is 909. The van der Waals surface area contributed by atoms with E-state index in [9.17, 15) is 18.0 Å². The number of anilines is 1. The van der Waals surface area contributed by atoms with E-state index < -0.39 is 17.3 Å². The molecule has 0 bridgehead atoms. The maximum atomic E-state index is 13.1. The van der Waals surface area contributed by atoms with E-state index in [0.717, 1.165) is 18.0 Å². The number of hydrogen-bond acceptors (Lipinski definition) is 5. The highest BCUT2D eigenvalue weighted by atomic mass is 19.4. The number of carbonyl (C=O) groups excluding carboxylic acids is 1. The molecule has 2 aliphatic rings. The lowest BCUT2D eigenvalue weighted by molar-refractivity contribution is -0.141. The summed E-state index contributed by atoms with van der Waals surface area (Å²) in [5.41, 5.74) is -0.437. The number of carbonyl (C=O) groups is 1. The molecule has 0 radical (unpaired) electrons. The van der Waals surface area contributed by atoms with Crippen LogP contribution < -0.4 is 4.90 Å². The Morgan fingerprint density at radius 1 is 1.17 bits per heavy atom. The van der Waals surface area contributed by atoms with Crippen LogP contribution in [0.15, 0.2) is 42.7 Å². The molecule has 4 rings (SSSR count). The van der Waals surface area contributed by atoms with E-state index in [0.29, 0.717) is 32.8 Å². The van der Waals surface area contributed by atoms with E-state index in [2.05, 4.69) is 9.97 Å². The molecule has 0 aliphatic carbocycles. The number of nitrogens with zero attached hydrogens (tertiary/aromatic N) is 4. The second-order valence-electron chi connectivity index (χ2n) is 8.02. The van der Waals surface area contributed by atoms with Crippen LogP contribution in [0.2, 0.25) is 0 Å². The molecule has 30 heavy (non-hydrogen) atoms. The largest absolute Gasteiger partial charge is 0.433 e. The van der Waals surface area contributed by atoms with Crippen LogP contribution in [0.25, 0.3) is 0 Å². The first kappa shape index (κ1) is 20.6. The van der Waals surface area contributed by atoms with Crippen molar-refractivity contribution in [2.75, 3.05) is 37.7 Å². The predicted octanol–water partition coefficient (Wildman–Crippen LogP) is 3.31. The van der Waals surface area contributed by atoms with Crippen molar-refractivity contribution in [2.45, 2.75) is 25.6 Å². The van der Waals surface area contributed by atoms with Gasteiger partial charge in [0.2, 0.25) is 5.91 Å². The molecule has 1 spiro atoms. The Kier molecular flexibility index (Phi) is 5.40. The van der Waals surface area contributed by atoms with Gasteiger partial charge in [-0.05, 0) is 12.5 Å². The first-order chi connectivity index (χ1) is 14.3. The molecular formula is C21H23F3N4O2. The normalized spacial score (nSPS) is 23.7. The second-order valence-corrected chi connectivity index (χ2v) is 8.02. The van der Waals surface area contributed by atoms with Crippen LogP contribution in [0.4, 0.5) is 19.0 Å². The van der Waals surface area contributed by atoms with Crippen molar-refractivity contribution in [1.29, 1.82) is 0 Å². The summed E-state index contributed by atoms with van der Waals surface area (Å²) in [6.45, 7) is 4.00. The number of alkyl halides is 3. The van der Waals surface area contributed by atoms with Crippen LogP contribution in [0.5, 0.6) is 0 Å². The molecule has 1 amide bonds. The molecule has 0 N–H and O–H groups in total. The number of aromatic nitrogens is 2. The van der Waals surface area contributed by atoms with Crippen molar-refractivity contribution in [3.63, 3.8) is 0 Å². The molecule has 1 aromatic carbocycles. The average Bonchev–Trinajstić information content (AvgIpc) is 2.91. The summed E-state index contributed by atoms with van der Waals surface area (Å²) in [5, 5.41) is 0. The lowest BCUT2D eigenvalue weighted by Gasteiger charge is -2.33. The molecule has 2 saturated heterocycles. The van der Waals surface area contributed by atoms with Crippen LogP contribution in [0.3, 0.4) is 0 Å². The lowest BCUT2D eigenvalue weighted by atomic mass is 9.87. The van der Waals surface area contributed by atoms with Gasteiger partial charge in [0.25, 0.3) is 0 Å². The Balaban J connectivity index is 1.57. The SMILES string of the molecule is C[C@H](c1ccccc1)N1C[C@]2(COCCN(c3cc(C(F)(F)F)ncn3)C2)CC1=O. The third kappa shape index (κ3) is 4.12. The van der Waals surface area contributed by atoms with E-state index in [1.807, 2.05) is 42.2 Å². The second kappa shape index (κ2) is 7.86. The summed E-state index contributed by atoms with van der Waals surface area (Å²) >= 11 is 0. The summed E-state index contributed by atoms with van der Waals surface area (Å²) in [6, 6.07) is 10.6. The smallest absolute Gasteiger partial charge is 0.379 e. The van der Waals surface area contributed by atoms with Gasteiger partial charge < -0.3 is 14.5 Å². The number of ether oxygens (including phenoxy) is 1. The van der Waals surface area contributed by atoms with Crippen LogP contribution >= 0.6 is 0 Å². The third-order valence-corrected chi connectivity index (χ3v) is 5.81. The first-order valence-electron chi connectivity index (χ1n) is 9.84. The zero-order valence-electron chi connectivity index (χ0n) is 16.6. The summed E-state index contributed by atoms with van der Waals surface area (Å²) in [6.07, 6.45) is -3.32. The van der Waals surface area contributed by atoms with Crippen molar-refractivity contribution in [2.24, 2.45) is 5.41 Å². The number of halogens is 3. The molecule has 2 aromatic rings. The summed E-state index contributed by atoms with van der Waals surface area (Å²) in [4.78, 5) is 23.9. The molecule has 3 heterocycles. The van der Waals surface area contributed by atoms with Crippen molar-refractivity contribution >= 4 is 11.7 Å². The van der Waals surface area contributed by atoms with E-state index >= 15 is 0 Å². The summed E-state index contributed by atoms with van der Waals surface area (Å²) in [7, 11) is 0. The molecule has 2 fully saturated rings. The number of rotatable bonds is 3. The number of hydrogen-bond donors (Lipinski definition) is 0. The zero-order valence-corrected chi connectivity index (χ0v) is 16.6. The van der Waals surface area contributed by atoms with Gasteiger partial charge in [-0.3, -0.25) is 4.79 Å². The van der Waals surface area contributed by atoms with Gasteiger partial charge in [-0.15, -0.1) is 0 Å². The van der Waals surface area contributed by atoms with Crippen molar-refractivity contribution in [3.8, 4) is 0 Å². The monoisotopic (exact) mass is 420 g/mol. The highest BCUT2D eigenvalue weighted by Crippen LogP contribution is 2.39. The van der Waals surface area contributed by atoms with E-state index in [-0.39, 0.29) is 24.2 Å². The fourth-order valence-electron chi connectivity index (χ4n) is 4.26. The van der Waals surface area contributed by atoms with Gasteiger partial charge in [-0.2, -0.15) is 13.2 Å². The number of benzene rings is 1.